The van der Waals surface area contributed by atoms with E-state index in [1.165, 1.54) is 32.1 Å². The van der Waals surface area contributed by atoms with Gasteiger partial charge in [0.25, 0.3) is 0 Å². The van der Waals surface area contributed by atoms with Crippen LogP contribution >= 0.6 is 0 Å². The molecule has 0 radical (unpaired) electrons. The van der Waals surface area contributed by atoms with E-state index in [1.54, 1.807) is 0 Å². The van der Waals surface area contributed by atoms with Gasteiger partial charge < -0.3 is 10.1 Å². The molecule has 0 unspecified atom stereocenters. The maximum absolute atomic E-state index is 10.1. The van der Waals surface area contributed by atoms with Gasteiger partial charge in [0, 0.05) is 5.54 Å². The van der Waals surface area contributed by atoms with Crippen LogP contribution in [0, 0.1) is 0 Å². The van der Waals surface area contributed by atoms with E-state index in [4.69, 9.17) is 0 Å². The lowest BCUT2D eigenvalue weighted by Crippen LogP contribution is -2.44. The number of hydrogen-bond acceptors (Lipinski definition) is 2. The zero-order valence-electron chi connectivity index (χ0n) is 7.23. The molecule has 1 saturated carbocycles. The summed E-state index contributed by atoms with van der Waals surface area (Å²) in [4.78, 5) is 10.1. The molecule has 2 heteroatoms. The summed E-state index contributed by atoms with van der Waals surface area (Å²) in [5, 5.41) is 3.28. The molecule has 11 heavy (non-hydrogen) atoms. The quantitative estimate of drug-likeness (QED) is 0.626. The van der Waals surface area contributed by atoms with Crippen LogP contribution in [0.3, 0.4) is 0 Å². The topological polar surface area (TPSA) is 29.1 Å². The van der Waals surface area contributed by atoms with Gasteiger partial charge >= 0.3 is 0 Å². The van der Waals surface area contributed by atoms with Crippen LogP contribution in [-0.2, 0) is 4.79 Å². The second-order valence-electron chi connectivity index (χ2n) is 3.67. The van der Waals surface area contributed by atoms with Crippen LogP contribution in [0.4, 0.5) is 0 Å². The summed E-state index contributed by atoms with van der Waals surface area (Å²) < 4.78 is 0. The molecule has 0 bridgehead atoms. The highest BCUT2D eigenvalue weighted by atomic mass is 16.1. The standard InChI is InChI=1S/C9H17NO/c1-9(10-7-8-11)5-3-2-4-6-9/h8,10H,2-7H2,1H3. The first-order chi connectivity index (χ1) is 5.27. The Morgan fingerprint density at radius 2 is 2.00 bits per heavy atom. The molecular formula is C9H17NO. The second-order valence-corrected chi connectivity index (χ2v) is 3.67. The molecule has 0 heterocycles. The van der Waals surface area contributed by atoms with Crippen LogP contribution < -0.4 is 5.32 Å². The minimum Gasteiger partial charge on any atom is -0.305 e. The highest BCUT2D eigenvalue weighted by Gasteiger charge is 2.25. The summed E-state index contributed by atoms with van der Waals surface area (Å²) in [6.07, 6.45) is 7.37. The number of nitrogens with one attached hydrogen (secondary N) is 1. The zero-order chi connectivity index (χ0) is 8.16. The molecule has 64 valence electrons. The lowest BCUT2D eigenvalue weighted by molar-refractivity contribution is -0.107. The third-order valence-electron chi connectivity index (χ3n) is 2.57. The molecule has 1 aliphatic carbocycles. The first kappa shape index (κ1) is 8.72. The third-order valence-corrected chi connectivity index (χ3v) is 2.57. The average Bonchev–Trinajstić information content (AvgIpc) is 2.03. The molecule has 0 aromatic carbocycles. The number of aldehydes is 1. The first-order valence-electron chi connectivity index (χ1n) is 4.45. The summed E-state index contributed by atoms with van der Waals surface area (Å²) in [5.41, 5.74) is 0.249. The molecule has 1 fully saturated rings. The normalized spacial score (nSPS) is 23.0. The molecule has 1 N–H and O–H groups in total. The van der Waals surface area contributed by atoms with Gasteiger partial charge in [-0.2, -0.15) is 0 Å². The van der Waals surface area contributed by atoms with Crippen LogP contribution in [0.2, 0.25) is 0 Å². The minimum atomic E-state index is 0.249. The molecule has 0 amide bonds. The third kappa shape index (κ3) is 2.62. The summed E-state index contributed by atoms with van der Waals surface area (Å²) in [5.74, 6) is 0. The van der Waals surface area contributed by atoms with Crippen molar-refractivity contribution in [3.8, 4) is 0 Å². The lowest BCUT2D eigenvalue weighted by atomic mass is 9.83. The predicted octanol–water partition coefficient (Wildman–Crippen LogP) is 1.50. The van der Waals surface area contributed by atoms with E-state index in [1.807, 2.05) is 0 Å². The summed E-state index contributed by atoms with van der Waals surface area (Å²) >= 11 is 0. The van der Waals surface area contributed by atoms with Gasteiger partial charge in [-0.1, -0.05) is 19.3 Å². The molecule has 1 rings (SSSR count). The Labute approximate surface area is 68.4 Å². The van der Waals surface area contributed by atoms with E-state index < -0.39 is 0 Å². The number of carbonyl (C=O) groups is 1. The van der Waals surface area contributed by atoms with Crippen LogP contribution in [0.25, 0.3) is 0 Å². The molecular weight excluding hydrogens is 138 g/mol. The fourth-order valence-corrected chi connectivity index (χ4v) is 1.80. The van der Waals surface area contributed by atoms with Gasteiger partial charge in [-0.3, -0.25) is 0 Å². The Bertz CT molecular complexity index is 128. The van der Waals surface area contributed by atoms with Crippen LogP contribution in [-0.4, -0.2) is 18.4 Å². The molecule has 0 aromatic heterocycles. The highest BCUT2D eigenvalue weighted by molar-refractivity contribution is 5.52. The van der Waals surface area contributed by atoms with Gasteiger partial charge in [0.15, 0.2) is 0 Å². The predicted molar refractivity (Wildman–Crippen MR) is 45.6 cm³/mol. The molecule has 0 aromatic rings. The minimum absolute atomic E-state index is 0.249. The van der Waals surface area contributed by atoms with Gasteiger partial charge in [0.2, 0.25) is 0 Å². The van der Waals surface area contributed by atoms with Crippen molar-refractivity contribution in [3.63, 3.8) is 0 Å². The Balaban J connectivity index is 2.30. The maximum Gasteiger partial charge on any atom is 0.133 e. The number of carbonyl (C=O) groups excluding carboxylic acids is 1. The smallest absolute Gasteiger partial charge is 0.133 e. The summed E-state index contributed by atoms with van der Waals surface area (Å²) in [6, 6.07) is 0. The van der Waals surface area contributed by atoms with E-state index in [0.29, 0.717) is 6.54 Å². The monoisotopic (exact) mass is 155 g/mol. The van der Waals surface area contributed by atoms with Crippen molar-refractivity contribution < 1.29 is 4.79 Å². The van der Waals surface area contributed by atoms with E-state index >= 15 is 0 Å². The maximum atomic E-state index is 10.1. The van der Waals surface area contributed by atoms with Gasteiger partial charge in [0.1, 0.15) is 6.29 Å². The molecule has 1 aliphatic rings. The van der Waals surface area contributed by atoms with E-state index in [-0.39, 0.29) is 5.54 Å². The Morgan fingerprint density at radius 3 is 2.55 bits per heavy atom. The lowest BCUT2D eigenvalue weighted by Gasteiger charge is -2.34. The van der Waals surface area contributed by atoms with Gasteiger partial charge in [-0.15, -0.1) is 0 Å². The molecule has 0 atom stereocenters. The van der Waals surface area contributed by atoms with E-state index in [0.717, 1.165) is 6.29 Å². The Kier molecular flexibility index (Phi) is 3.06. The number of hydrogen-bond donors (Lipinski definition) is 1. The van der Waals surface area contributed by atoms with Gasteiger partial charge in [0.05, 0.1) is 6.54 Å². The van der Waals surface area contributed by atoms with E-state index in [2.05, 4.69) is 12.2 Å². The van der Waals surface area contributed by atoms with E-state index in [9.17, 15) is 4.79 Å². The molecule has 2 nitrogen and oxygen atoms in total. The van der Waals surface area contributed by atoms with Crippen molar-refractivity contribution in [2.75, 3.05) is 6.54 Å². The van der Waals surface area contributed by atoms with Crippen LogP contribution in [0.1, 0.15) is 39.0 Å². The summed E-state index contributed by atoms with van der Waals surface area (Å²) in [6.45, 7) is 2.73. The Hall–Kier alpha value is -0.370. The van der Waals surface area contributed by atoms with Gasteiger partial charge in [-0.25, -0.2) is 0 Å². The fourth-order valence-electron chi connectivity index (χ4n) is 1.80. The molecule has 0 saturated heterocycles. The second kappa shape index (κ2) is 3.86. The Morgan fingerprint density at radius 1 is 1.36 bits per heavy atom. The molecule has 0 aliphatic heterocycles. The van der Waals surface area contributed by atoms with Crippen LogP contribution in [0.15, 0.2) is 0 Å². The van der Waals surface area contributed by atoms with Crippen molar-refractivity contribution in [3.05, 3.63) is 0 Å². The van der Waals surface area contributed by atoms with Crippen molar-refractivity contribution in [1.29, 1.82) is 0 Å². The largest absolute Gasteiger partial charge is 0.305 e. The summed E-state index contributed by atoms with van der Waals surface area (Å²) in [7, 11) is 0. The van der Waals surface area contributed by atoms with Crippen molar-refractivity contribution in [2.24, 2.45) is 0 Å². The van der Waals surface area contributed by atoms with Crippen molar-refractivity contribution in [2.45, 2.75) is 44.6 Å². The average molecular weight is 155 g/mol. The first-order valence-corrected chi connectivity index (χ1v) is 4.45. The van der Waals surface area contributed by atoms with Crippen molar-refractivity contribution in [1.82, 2.24) is 5.32 Å². The zero-order valence-corrected chi connectivity index (χ0v) is 7.23. The highest BCUT2D eigenvalue weighted by Crippen LogP contribution is 2.26. The van der Waals surface area contributed by atoms with Crippen LogP contribution in [0.5, 0.6) is 0 Å². The van der Waals surface area contributed by atoms with Gasteiger partial charge in [-0.05, 0) is 19.8 Å². The SMILES string of the molecule is CC1(NCC=O)CCCCC1. The molecule has 0 spiro atoms. The van der Waals surface area contributed by atoms with Crippen molar-refractivity contribution >= 4 is 6.29 Å². The fraction of sp³-hybridized carbons (Fsp3) is 0.889. The number of rotatable bonds is 3.